The highest BCUT2D eigenvalue weighted by Gasteiger charge is 2.41. The summed E-state index contributed by atoms with van der Waals surface area (Å²) in [5, 5.41) is 6.39. The Hall–Kier alpha value is -2.24. The van der Waals surface area contributed by atoms with Crippen molar-refractivity contribution in [2.24, 2.45) is 5.10 Å². The van der Waals surface area contributed by atoms with Gasteiger partial charge in [0.2, 0.25) is 10.8 Å². The lowest BCUT2D eigenvalue weighted by Crippen LogP contribution is -2.42. The fourth-order valence-electron chi connectivity index (χ4n) is 2.06. The molecule has 0 aromatic carbocycles. The number of fused-ring (bicyclic) bond motifs is 1. The van der Waals surface area contributed by atoms with Crippen LogP contribution in [0.1, 0.15) is 19.3 Å². The van der Waals surface area contributed by atoms with Crippen LogP contribution < -0.4 is 9.73 Å². The minimum atomic E-state index is -4.06. The highest BCUT2D eigenvalue weighted by molar-refractivity contribution is 8.09. The van der Waals surface area contributed by atoms with E-state index in [1.54, 1.807) is 22.9 Å². The number of nitrogens with zero attached hydrogens (tertiary/aromatic N) is 2. The van der Waals surface area contributed by atoms with Crippen LogP contribution >= 0.6 is 22.7 Å². The van der Waals surface area contributed by atoms with Crippen molar-refractivity contribution in [1.29, 1.82) is 0 Å². The van der Waals surface area contributed by atoms with Crippen molar-refractivity contribution < 1.29 is 22.7 Å². The molecule has 0 amide bonds. The average Bonchev–Trinajstić information content (AvgIpc) is 3.21. The largest absolute Gasteiger partial charge is 0.465 e. The van der Waals surface area contributed by atoms with Crippen LogP contribution in [0.3, 0.4) is 0 Å². The zero-order valence-electron chi connectivity index (χ0n) is 12.5. The van der Waals surface area contributed by atoms with Gasteiger partial charge in [0.05, 0.1) is 18.5 Å². The topological polar surface area (TPSA) is 105 Å². The highest BCUT2D eigenvalue weighted by Crippen LogP contribution is 2.33. The summed E-state index contributed by atoms with van der Waals surface area (Å²) in [5.41, 5.74) is 3.08. The summed E-state index contributed by atoms with van der Waals surface area (Å²) in [5.74, 6) is -1.26. The Morgan fingerprint density at radius 2 is 2.00 bits per heavy atom. The van der Waals surface area contributed by atoms with E-state index in [9.17, 15) is 18.0 Å². The number of ether oxygens (including phenoxy) is 1. The monoisotopic (exact) mass is 385 g/mol. The summed E-state index contributed by atoms with van der Waals surface area (Å²) in [6, 6.07) is 3.11. The fraction of sp³-hybridized carbons (Fsp3) is 0.154. The summed E-state index contributed by atoms with van der Waals surface area (Å²) in [7, 11) is -1.47. The SMILES string of the molecule is COC(=O)c1sccc1N/N=C1\C(=O)c2sccc2N(C)S1(=O)=O. The van der Waals surface area contributed by atoms with E-state index < -0.39 is 26.8 Å². The van der Waals surface area contributed by atoms with Gasteiger partial charge in [0, 0.05) is 7.05 Å². The minimum Gasteiger partial charge on any atom is -0.465 e. The van der Waals surface area contributed by atoms with Crippen LogP contribution in [-0.4, -0.2) is 39.4 Å². The van der Waals surface area contributed by atoms with E-state index in [0.29, 0.717) is 10.6 Å². The summed E-state index contributed by atoms with van der Waals surface area (Å²) >= 11 is 2.25. The zero-order chi connectivity index (χ0) is 17.5. The van der Waals surface area contributed by atoms with E-state index in [1.807, 2.05) is 0 Å². The van der Waals surface area contributed by atoms with Crippen LogP contribution in [0.15, 0.2) is 28.0 Å². The molecule has 0 bridgehead atoms. The lowest BCUT2D eigenvalue weighted by atomic mass is 10.3. The first-order valence-corrected chi connectivity index (χ1v) is 9.68. The number of carbonyl (C=O) groups excluding carboxylic acids is 2. The molecule has 0 radical (unpaired) electrons. The van der Waals surface area contributed by atoms with Crippen molar-refractivity contribution >= 4 is 60.9 Å². The molecule has 2 aromatic heterocycles. The first-order chi connectivity index (χ1) is 11.4. The van der Waals surface area contributed by atoms with E-state index in [2.05, 4.69) is 15.3 Å². The molecule has 24 heavy (non-hydrogen) atoms. The third-order valence-electron chi connectivity index (χ3n) is 3.30. The van der Waals surface area contributed by atoms with Crippen LogP contribution in [0, 0.1) is 0 Å². The zero-order valence-corrected chi connectivity index (χ0v) is 14.9. The molecule has 11 heteroatoms. The van der Waals surface area contributed by atoms with Gasteiger partial charge < -0.3 is 4.74 Å². The number of hydrogen-bond donors (Lipinski definition) is 1. The summed E-state index contributed by atoms with van der Waals surface area (Å²) < 4.78 is 30.6. The molecule has 0 spiro atoms. The summed E-state index contributed by atoms with van der Waals surface area (Å²) in [4.78, 5) is 24.6. The van der Waals surface area contributed by atoms with E-state index in [0.717, 1.165) is 27.0 Å². The minimum absolute atomic E-state index is 0.229. The predicted molar refractivity (Wildman–Crippen MR) is 92.7 cm³/mol. The number of thiophene rings is 2. The lowest BCUT2D eigenvalue weighted by Gasteiger charge is -2.24. The number of anilines is 2. The fourth-order valence-corrected chi connectivity index (χ4v) is 4.97. The Morgan fingerprint density at radius 3 is 2.71 bits per heavy atom. The van der Waals surface area contributed by atoms with Crippen LogP contribution in [-0.2, 0) is 14.8 Å². The predicted octanol–water partition coefficient (Wildman–Crippen LogP) is 1.98. The molecule has 0 saturated carbocycles. The number of methoxy groups -OCH3 is 1. The molecule has 3 heterocycles. The molecule has 3 rings (SSSR count). The van der Waals surface area contributed by atoms with Gasteiger partial charge in [-0.25, -0.2) is 4.79 Å². The summed E-state index contributed by atoms with van der Waals surface area (Å²) in [6.45, 7) is 0. The van der Waals surface area contributed by atoms with Crippen LogP contribution in [0.2, 0.25) is 0 Å². The molecule has 0 saturated heterocycles. The molecule has 1 aliphatic rings. The van der Waals surface area contributed by atoms with Gasteiger partial charge >= 0.3 is 5.97 Å². The number of rotatable bonds is 3. The van der Waals surface area contributed by atoms with Crippen molar-refractivity contribution in [3.05, 3.63) is 32.6 Å². The van der Waals surface area contributed by atoms with Gasteiger partial charge in [0.1, 0.15) is 9.75 Å². The van der Waals surface area contributed by atoms with Crippen LogP contribution in [0.4, 0.5) is 11.4 Å². The Bertz CT molecular complexity index is 957. The Morgan fingerprint density at radius 1 is 1.29 bits per heavy atom. The molecule has 0 unspecified atom stereocenters. The van der Waals surface area contributed by atoms with Gasteiger partial charge in [-0.2, -0.15) is 13.5 Å². The average molecular weight is 385 g/mol. The first kappa shape index (κ1) is 16.6. The normalized spacial score (nSPS) is 17.7. The molecule has 126 valence electrons. The third kappa shape index (κ3) is 2.50. The molecule has 0 atom stereocenters. The van der Waals surface area contributed by atoms with E-state index in [-0.39, 0.29) is 10.6 Å². The molecule has 0 fully saturated rings. The molecular formula is C13H11N3O5S3. The van der Waals surface area contributed by atoms with E-state index in [1.165, 1.54) is 14.2 Å². The second-order valence-electron chi connectivity index (χ2n) is 4.62. The molecular weight excluding hydrogens is 374 g/mol. The molecule has 1 aliphatic heterocycles. The molecule has 2 aromatic rings. The number of Topliss-reactive ketones (excluding diaryl/α,β-unsaturated/α-hetero) is 1. The van der Waals surface area contributed by atoms with Gasteiger partial charge in [-0.15, -0.1) is 22.7 Å². The Balaban J connectivity index is 2.00. The second-order valence-corrected chi connectivity index (χ2v) is 8.34. The van der Waals surface area contributed by atoms with Crippen molar-refractivity contribution in [2.75, 3.05) is 23.9 Å². The van der Waals surface area contributed by atoms with Crippen molar-refractivity contribution in [2.45, 2.75) is 0 Å². The number of esters is 1. The van der Waals surface area contributed by atoms with Gasteiger partial charge in [-0.05, 0) is 22.9 Å². The third-order valence-corrected chi connectivity index (χ3v) is 6.78. The van der Waals surface area contributed by atoms with E-state index in [4.69, 9.17) is 0 Å². The molecule has 1 N–H and O–H groups in total. The lowest BCUT2D eigenvalue weighted by molar-refractivity contribution is 0.0607. The van der Waals surface area contributed by atoms with Crippen LogP contribution in [0.25, 0.3) is 0 Å². The standard InChI is InChI=1S/C13H11N3O5S3/c1-16-8-4-6-23-11(8)9(17)12(24(16,19)20)15-14-7-3-5-22-10(7)13(18)21-2/h3-6,14H,1-2H3/b15-12+. The van der Waals surface area contributed by atoms with Crippen molar-refractivity contribution in [3.63, 3.8) is 0 Å². The highest BCUT2D eigenvalue weighted by atomic mass is 32.2. The number of ketones is 1. The van der Waals surface area contributed by atoms with Crippen molar-refractivity contribution in [1.82, 2.24) is 0 Å². The second kappa shape index (κ2) is 6.00. The Kier molecular flexibility index (Phi) is 4.15. The smallest absolute Gasteiger partial charge is 0.350 e. The molecule has 0 aliphatic carbocycles. The van der Waals surface area contributed by atoms with Gasteiger partial charge in [0.15, 0.2) is 0 Å². The maximum Gasteiger partial charge on any atom is 0.350 e. The van der Waals surface area contributed by atoms with Crippen molar-refractivity contribution in [3.8, 4) is 0 Å². The number of nitrogens with one attached hydrogen (secondary N) is 1. The maximum absolute atomic E-state index is 12.5. The van der Waals surface area contributed by atoms with Gasteiger partial charge in [-0.3, -0.25) is 14.5 Å². The molecule has 8 nitrogen and oxygen atoms in total. The maximum atomic E-state index is 12.5. The number of hydrazone groups is 1. The van der Waals surface area contributed by atoms with Crippen LogP contribution in [0.5, 0.6) is 0 Å². The Labute approximate surface area is 145 Å². The number of hydrogen-bond acceptors (Lipinski definition) is 9. The quantitative estimate of drug-likeness (QED) is 0.640. The van der Waals surface area contributed by atoms with Gasteiger partial charge in [0.25, 0.3) is 10.0 Å². The number of sulfonamides is 1. The number of carbonyl (C=O) groups is 2. The van der Waals surface area contributed by atoms with E-state index >= 15 is 0 Å². The first-order valence-electron chi connectivity index (χ1n) is 6.48. The van der Waals surface area contributed by atoms with Gasteiger partial charge in [-0.1, -0.05) is 0 Å². The summed E-state index contributed by atoms with van der Waals surface area (Å²) in [6.07, 6.45) is 0.